The molecule has 0 amide bonds. The molecule has 0 aliphatic carbocycles. The summed E-state index contributed by atoms with van der Waals surface area (Å²) in [5, 5.41) is 2.57. The Bertz CT molecular complexity index is 205. The Hall–Kier alpha value is 0.110. The van der Waals surface area contributed by atoms with Crippen molar-refractivity contribution in [3.05, 3.63) is 0 Å². The first kappa shape index (κ1) is 10.2. The molecule has 4 nitrogen and oxygen atoms in total. The van der Waals surface area contributed by atoms with E-state index in [-0.39, 0.29) is 5.41 Å². The molecule has 1 rings (SSSR count). The number of nitrogens with one attached hydrogen (secondary N) is 1. The Morgan fingerprint density at radius 3 is 2.67 bits per heavy atom. The second kappa shape index (κ2) is 3.46. The minimum atomic E-state index is -2.97. The fourth-order valence-corrected chi connectivity index (χ4v) is 2.12. The van der Waals surface area contributed by atoms with Crippen LogP contribution in [0.2, 0.25) is 0 Å². The molecule has 0 aromatic heterocycles. The van der Waals surface area contributed by atoms with Crippen molar-refractivity contribution in [2.75, 3.05) is 20.3 Å². The largest absolute Gasteiger partial charge is 0.405 e. The van der Waals surface area contributed by atoms with Gasteiger partial charge in [0.15, 0.2) is 0 Å². The predicted octanol–water partition coefficient (Wildman–Crippen LogP) is 1.78. The van der Waals surface area contributed by atoms with Gasteiger partial charge >= 0.3 is 7.75 Å². The second-order valence-electron chi connectivity index (χ2n) is 3.74. The lowest BCUT2D eigenvalue weighted by Gasteiger charge is -2.20. The van der Waals surface area contributed by atoms with Gasteiger partial charge < -0.3 is 0 Å². The molecule has 0 spiro atoms. The maximum atomic E-state index is 11.6. The highest BCUT2D eigenvalue weighted by Gasteiger charge is 2.31. The molecule has 72 valence electrons. The van der Waals surface area contributed by atoms with Gasteiger partial charge in [-0.1, -0.05) is 13.8 Å². The van der Waals surface area contributed by atoms with E-state index < -0.39 is 7.75 Å². The standard InChI is InChI=1S/C7H16NO3P/c1-7(2)4-5-10-12(9,8-3)11-6-7/h4-6H2,1-3H3,(H,8,9). The minimum absolute atomic E-state index is 0.0585. The molecule has 1 aliphatic heterocycles. The highest BCUT2D eigenvalue weighted by atomic mass is 31.2. The SMILES string of the molecule is CNP1(=O)OCCC(C)(C)CO1. The molecule has 12 heavy (non-hydrogen) atoms. The Morgan fingerprint density at radius 1 is 1.42 bits per heavy atom. The molecule has 0 aromatic rings. The minimum Gasteiger partial charge on any atom is -0.297 e. The van der Waals surface area contributed by atoms with Gasteiger partial charge in [-0.3, -0.25) is 9.05 Å². The lowest BCUT2D eigenvalue weighted by atomic mass is 9.91. The van der Waals surface area contributed by atoms with Crippen molar-refractivity contribution in [2.24, 2.45) is 5.41 Å². The molecule has 0 radical (unpaired) electrons. The maximum Gasteiger partial charge on any atom is 0.405 e. The van der Waals surface area contributed by atoms with Crippen molar-refractivity contribution >= 4 is 7.75 Å². The molecule has 1 atom stereocenters. The number of hydrogen-bond acceptors (Lipinski definition) is 3. The van der Waals surface area contributed by atoms with Crippen LogP contribution in [0, 0.1) is 5.41 Å². The van der Waals surface area contributed by atoms with Crippen LogP contribution >= 0.6 is 7.75 Å². The predicted molar refractivity (Wildman–Crippen MR) is 47.0 cm³/mol. The van der Waals surface area contributed by atoms with Gasteiger partial charge in [0.1, 0.15) is 0 Å². The average molecular weight is 193 g/mol. The van der Waals surface area contributed by atoms with Crippen LogP contribution in [0.1, 0.15) is 20.3 Å². The van der Waals surface area contributed by atoms with Crippen molar-refractivity contribution < 1.29 is 13.6 Å². The van der Waals surface area contributed by atoms with E-state index in [0.717, 1.165) is 6.42 Å². The zero-order chi connectivity index (χ0) is 9.24. The zero-order valence-corrected chi connectivity index (χ0v) is 8.69. The molecule has 1 aliphatic rings. The Kier molecular flexibility index (Phi) is 2.94. The van der Waals surface area contributed by atoms with E-state index in [2.05, 4.69) is 18.9 Å². The van der Waals surface area contributed by atoms with Crippen molar-refractivity contribution in [1.82, 2.24) is 5.09 Å². The number of hydrogen-bond donors (Lipinski definition) is 1. The Labute approximate surface area is 73.2 Å². The lowest BCUT2D eigenvalue weighted by molar-refractivity contribution is 0.182. The lowest BCUT2D eigenvalue weighted by Crippen LogP contribution is -2.17. The molecule has 0 aromatic carbocycles. The van der Waals surface area contributed by atoms with Crippen molar-refractivity contribution in [2.45, 2.75) is 20.3 Å². The van der Waals surface area contributed by atoms with E-state index in [1.165, 1.54) is 0 Å². The molecule has 0 saturated carbocycles. The quantitative estimate of drug-likeness (QED) is 0.645. The van der Waals surface area contributed by atoms with Crippen molar-refractivity contribution in [3.63, 3.8) is 0 Å². The van der Waals surface area contributed by atoms with Crippen LogP contribution in [-0.4, -0.2) is 20.3 Å². The van der Waals surface area contributed by atoms with E-state index in [9.17, 15) is 4.57 Å². The highest BCUT2D eigenvalue weighted by molar-refractivity contribution is 7.51. The smallest absolute Gasteiger partial charge is 0.297 e. The molecule has 0 bridgehead atoms. The van der Waals surface area contributed by atoms with Crippen LogP contribution in [0.25, 0.3) is 0 Å². The van der Waals surface area contributed by atoms with Crippen LogP contribution in [0.3, 0.4) is 0 Å². The Morgan fingerprint density at radius 2 is 2.08 bits per heavy atom. The summed E-state index contributed by atoms with van der Waals surface area (Å²) in [6.07, 6.45) is 0.874. The van der Waals surface area contributed by atoms with E-state index in [1.54, 1.807) is 7.05 Å². The molecule has 1 unspecified atom stereocenters. The molecule has 1 N–H and O–H groups in total. The second-order valence-corrected chi connectivity index (χ2v) is 5.70. The summed E-state index contributed by atoms with van der Waals surface area (Å²) in [5.74, 6) is 0. The first-order valence-electron chi connectivity index (χ1n) is 4.06. The first-order valence-corrected chi connectivity index (χ1v) is 5.60. The van der Waals surface area contributed by atoms with Crippen LogP contribution in [0.15, 0.2) is 0 Å². The van der Waals surface area contributed by atoms with Crippen LogP contribution in [0.4, 0.5) is 0 Å². The van der Waals surface area contributed by atoms with Crippen molar-refractivity contribution in [1.29, 1.82) is 0 Å². The zero-order valence-electron chi connectivity index (χ0n) is 7.79. The van der Waals surface area contributed by atoms with Crippen LogP contribution < -0.4 is 5.09 Å². The summed E-state index contributed by atoms with van der Waals surface area (Å²) >= 11 is 0. The summed E-state index contributed by atoms with van der Waals surface area (Å²) in [7, 11) is -1.39. The molecule has 5 heteroatoms. The highest BCUT2D eigenvalue weighted by Crippen LogP contribution is 2.47. The van der Waals surface area contributed by atoms with Crippen LogP contribution in [-0.2, 0) is 13.6 Å². The summed E-state index contributed by atoms with van der Waals surface area (Å²) in [6.45, 7) is 5.11. The summed E-state index contributed by atoms with van der Waals surface area (Å²) in [6, 6.07) is 0. The molecule has 1 fully saturated rings. The molecular weight excluding hydrogens is 177 g/mol. The van der Waals surface area contributed by atoms with Gasteiger partial charge in [0.05, 0.1) is 13.2 Å². The van der Waals surface area contributed by atoms with Crippen LogP contribution in [0.5, 0.6) is 0 Å². The maximum absolute atomic E-state index is 11.6. The molecular formula is C7H16NO3P. The third-order valence-corrected chi connectivity index (χ3v) is 3.48. The Balaban J connectivity index is 2.62. The molecule has 1 saturated heterocycles. The van der Waals surface area contributed by atoms with Gasteiger partial charge in [0.2, 0.25) is 0 Å². The normalized spacial score (nSPS) is 35.9. The summed E-state index contributed by atoms with van der Waals surface area (Å²) < 4.78 is 21.8. The third kappa shape index (κ3) is 2.56. The van der Waals surface area contributed by atoms with E-state index >= 15 is 0 Å². The van der Waals surface area contributed by atoms with Gasteiger partial charge in [0, 0.05) is 0 Å². The monoisotopic (exact) mass is 193 g/mol. The summed E-state index contributed by atoms with van der Waals surface area (Å²) in [5.41, 5.74) is 0.0585. The fourth-order valence-electron chi connectivity index (χ4n) is 0.940. The van der Waals surface area contributed by atoms with Gasteiger partial charge in [-0.05, 0) is 18.9 Å². The van der Waals surface area contributed by atoms with E-state index in [0.29, 0.717) is 13.2 Å². The van der Waals surface area contributed by atoms with E-state index in [4.69, 9.17) is 9.05 Å². The fraction of sp³-hybridized carbons (Fsp3) is 1.00. The van der Waals surface area contributed by atoms with E-state index in [1.807, 2.05) is 0 Å². The molecule has 1 heterocycles. The summed E-state index contributed by atoms with van der Waals surface area (Å²) in [4.78, 5) is 0. The average Bonchev–Trinajstić information content (AvgIpc) is 2.13. The van der Waals surface area contributed by atoms with Crippen molar-refractivity contribution in [3.8, 4) is 0 Å². The first-order chi connectivity index (χ1) is 5.47. The van der Waals surface area contributed by atoms with Gasteiger partial charge in [-0.25, -0.2) is 9.65 Å². The topological polar surface area (TPSA) is 47.6 Å². The third-order valence-electron chi connectivity index (χ3n) is 1.94. The number of rotatable bonds is 1. The van der Waals surface area contributed by atoms with Gasteiger partial charge in [-0.15, -0.1) is 0 Å². The van der Waals surface area contributed by atoms with Gasteiger partial charge in [0.25, 0.3) is 0 Å². The van der Waals surface area contributed by atoms with Gasteiger partial charge in [-0.2, -0.15) is 0 Å².